The number of amides is 2. The number of thioether (sulfide) groups is 1. The Labute approximate surface area is 241 Å². The van der Waals surface area contributed by atoms with Crippen LogP contribution < -0.4 is 15.0 Å². The molecule has 4 aromatic rings. The molecule has 0 fully saturated rings. The zero-order valence-electron chi connectivity index (χ0n) is 22.9. The molecule has 1 aliphatic rings. The van der Waals surface area contributed by atoms with Gasteiger partial charge in [-0.2, -0.15) is 5.10 Å². The third-order valence-electron chi connectivity index (χ3n) is 7.02. The molecule has 2 heterocycles. The van der Waals surface area contributed by atoms with Crippen LogP contribution in [0.25, 0.3) is 16.9 Å². The van der Waals surface area contributed by atoms with E-state index in [1.807, 2.05) is 44.2 Å². The lowest BCUT2D eigenvalue weighted by Gasteiger charge is -2.24. The fourth-order valence-corrected chi connectivity index (χ4v) is 5.98. The fourth-order valence-electron chi connectivity index (χ4n) is 4.76. The van der Waals surface area contributed by atoms with E-state index in [0.29, 0.717) is 28.5 Å². The molecule has 5 rings (SSSR count). The lowest BCUT2D eigenvalue weighted by Crippen LogP contribution is -2.44. The maximum Gasteiger partial charge on any atom is 0.240 e. The van der Waals surface area contributed by atoms with Gasteiger partial charge in [0.05, 0.1) is 29.5 Å². The summed E-state index contributed by atoms with van der Waals surface area (Å²) in [4.78, 5) is 28.3. The van der Waals surface area contributed by atoms with Crippen LogP contribution in [-0.2, 0) is 9.59 Å². The lowest BCUT2D eigenvalue weighted by atomic mass is 9.99. The van der Waals surface area contributed by atoms with Gasteiger partial charge in [0, 0.05) is 28.8 Å². The SMILES string of the molecule is CC[C@H](C)NC(=O)CN1C(=O)CS[C@H](c2ccc(F)cc2F)c2c(-c3ccccc3)nn(-c3ccc(OC)cc3)c21. The molecule has 0 unspecified atom stereocenters. The van der Waals surface area contributed by atoms with Crippen molar-refractivity contribution in [3.63, 3.8) is 0 Å². The summed E-state index contributed by atoms with van der Waals surface area (Å²) in [6, 6.07) is 19.9. The molecule has 41 heavy (non-hydrogen) atoms. The van der Waals surface area contributed by atoms with Crippen LogP contribution in [0.4, 0.5) is 14.6 Å². The molecular formula is C31H30F2N4O3S. The van der Waals surface area contributed by atoms with Crippen LogP contribution in [0.15, 0.2) is 72.8 Å². The molecule has 2 amide bonds. The van der Waals surface area contributed by atoms with Crippen LogP contribution in [0.2, 0.25) is 0 Å². The number of hydrogen-bond donors (Lipinski definition) is 1. The summed E-state index contributed by atoms with van der Waals surface area (Å²) in [5.74, 6) is -1.09. The number of hydrogen-bond acceptors (Lipinski definition) is 5. The standard InChI is InChI=1S/C31H30F2N4O3S/c1-4-19(2)34-26(38)17-36-27(39)18-41-30(24-15-10-21(32)16-25(24)33)28-29(20-8-6-5-7-9-20)35-37(31(28)36)22-11-13-23(40-3)14-12-22/h5-16,19,30H,4,17-18H2,1-3H3,(H,34,38)/t19-,30+/m0/s1. The topological polar surface area (TPSA) is 76.5 Å². The first-order valence-corrected chi connectivity index (χ1v) is 14.3. The summed E-state index contributed by atoms with van der Waals surface area (Å²) in [6.45, 7) is 3.61. The predicted molar refractivity (Wildman–Crippen MR) is 156 cm³/mol. The summed E-state index contributed by atoms with van der Waals surface area (Å²) >= 11 is 1.22. The average Bonchev–Trinajstić information content (AvgIpc) is 3.31. The number of halogens is 2. The van der Waals surface area contributed by atoms with Gasteiger partial charge in [0.15, 0.2) is 0 Å². The Balaban J connectivity index is 1.78. The van der Waals surface area contributed by atoms with Gasteiger partial charge < -0.3 is 10.1 Å². The van der Waals surface area contributed by atoms with Crippen molar-refractivity contribution in [3.8, 4) is 22.7 Å². The van der Waals surface area contributed by atoms with Crippen LogP contribution in [-0.4, -0.2) is 47.0 Å². The molecule has 212 valence electrons. The number of rotatable bonds is 8. The molecule has 0 saturated heterocycles. The van der Waals surface area contributed by atoms with Gasteiger partial charge >= 0.3 is 0 Å². The number of methoxy groups -OCH3 is 1. The van der Waals surface area contributed by atoms with Crippen LogP contribution in [0.1, 0.15) is 36.6 Å². The minimum atomic E-state index is -0.722. The quantitative estimate of drug-likeness (QED) is 0.282. The molecule has 0 radical (unpaired) electrons. The first-order chi connectivity index (χ1) is 19.8. The van der Waals surface area contributed by atoms with E-state index in [-0.39, 0.29) is 35.7 Å². The van der Waals surface area contributed by atoms with Crippen molar-refractivity contribution in [1.29, 1.82) is 0 Å². The van der Waals surface area contributed by atoms with Gasteiger partial charge in [0.25, 0.3) is 0 Å². The third-order valence-corrected chi connectivity index (χ3v) is 8.26. The molecule has 0 saturated carbocycles. The molecule has 1 N–H and O–H groups in total. The number of nitrogens with one attached hydrogen (secondary N) is 1. The Morgan fingerprint density at radius 2 is 1.85 bits per heavy atom. The fraction of sp³-hybridized carbons (Fsp3) is 0.258. The Morgan fingerprint density at radius 3 is 2.51 bits per heavy atom. The van der Waals surface area contributed by atoms with Crippen LogP contribution >= 0.6 is 11.8 Å². The highest BCUT2D eigenvalue weighted by Crippen LogP contribution is 2.49. The van der Waals surface area contributed by atoms with E-state index in [2.05, 4.69) is 5.32 Å². The smallest absolute Gasteiger partial charge is 0.240 e. The van der Waals surface area contributed by atoms with Crippen molar-refractivity contribution in [2.75, 3.05) is 24.3 Å². The average molecular weight is 577 g/mol. The Morgan fingerprint density at radius 1 is 1.12 bits per heavy atom. The predicted octanol–water partition coefficient (Wildman–Crippen LogP) is 5.91. The number of carbonyl (C=O) groups excluding carboxylic acids is 2. The van der Waals surface area contributed by atoms with Crippen molar-refractivity contribution in [2.45, 2.75) is 31.6 Å². The number of fused-ring (bicyclic) bond motifs is 1. The van der Waals surface area contributed by atoms with E-state index in [4.69, 9.17) is 9.84 Å². The summed E-state index contributed by atoms with van der Waals surface area (Å²) in [7, 11) is 1.57. The highest BCUT2D eigenvalue weighted by Gasteiger charge is 2.38. The van der Waals surface area contributed by atoms with Crippen molar-refractivity contribution in [1.82, 2.24) is 15.1 Å². The second-order valence-electron chi connectivity index (χ2n) is 9.78. The largest absolute Gasteiger partial charge is 0.497 e. The number of carbonyl (C=O) groups is 2. The van der Waals surface area contributed by atoms with E-state index in [1.165, 1.54) is 28.8 Å². The zero-order chi connectivity index (χ0) is 29.1. The first-order valence-electron chi connectivity index (χ1n) is 13.3. The van der Waals surface area contributed by atoms with Gasteiger partial charge in [0.1, 0.15) is 29.7 Å². The molecule has 10 heteroatoms. The minimum absolute atomic E-state index is 0.0242. The van der Waals surface area contributed by atoms with Gasteiger partial charge in [-0.1, -0.05) is 43.3 Å². The number of aromatic nitrogens is 2. The van der Waals surface area contributed by atoms with E-state index in [0.717, 1.165) is 18.1 Å². The molecule has 3 aromatic carbocycles. The van der Waals surface area contributed by atoms with Crippen molar-refractivity contribution in [2.24, 2.45) is 0 Å². The normalized spacial score (nSPS) is 15.7. The van der Waals surface area contributed by atoms with Gasteiger partial charge in [-0.3, -0.25) is 14.5 Å². The molecular weight excluding hydrogens is 546 g/mol. The maximum absolute atomic E-state index is 15.3. The molecule has 0 aliphatic carbocycles. The number of anilines is 1. The monoisotopic (exact) mass is 576 g/mol. The van der Waals surface area contributed by atoms with Crippen LogP contribution in [0.5, 0.6) is 5.75 Å². The third kappa shape index (κ3) is 5.83. The van der Waals surface area contributed by atoms with Crippen LogP contribution in [0.3, 0.4) is 0 Å². The Bertz CT molecular complexity index is 1560. The van der Waals surface area contributed by atoms with Crippen molar-refractivity contribution in [3.05, 3.63) is 95.6 Å². The summed E-state index contributed by atoms with van der Waals surface area (Å²) in [5, 5.41) is 7.19. The minimum Gasteiger partial charge on any atom is -0.497 e. The van der Waals surface area contributed by atoms with Crippen LogP contribution in [0, 0.1) is 11.6 Å². The van der Waals surface area contributed by atoms with Crippen molar-refractivity contribution < 1.29 is 23.1 Å². The van der Waals surface area contributed by atoms with E-state index in [9.17, 15) is 14.0 Å². The highest BCUT2D eigenvalue weighted by atomic mass is 32.2. The number of benzene rings is 3. The molecule has 7 nitrogen and oxygen atoms in total. The Kier molecular flexibility index (Phi) is 8.39. The second kappa shape index (κ2) is 12.1. The van der Waals surface area contributed by atoms with Gasteiger partial charge in [-0.15, -0.1) is 11.8 Å². The maximum atomic E-state index is 15.3. The van der Waals surface area contributed by atoms with Crippen molar-refractivity contribution >= 4 is 29.4 Å². The highest BCUT2D eigenvalue weighted by molar-refractivity contribution is 8.00. The molecule has 0 bridgehead atoms. The van der Waals surface area contributed by atoms with Gasteiger partial charge in [-0.25, -0.2) is 13.5 Å². The Hall–Kier alpha value is -4.18. The van der Waals surface area contributed by atoms with Gasteiger partial charge in [0.2, 0.25) is 11.8 Å². The molecule has 1 aliphatic heterocycles. The van der Waals surface area contributed by atoms with Gasteiger partial charge in [-0.05, 0) is 43.7 Å². The van der Waals surface area contributed by atoms with E-state index < -0.39 is 16.9 Å². The molecule has 1 aromatic heterocycles. The molecule has 0 spiro atoms. The lowest BCUT2D eigenvalue weighted by molar-refractivity contribution is -0.123. The summed E-state index contributed by atoms with van der Waals surface area (Å²) in [6.07, 6.45) is 0.731. The van der Waals surface area contributed by atoms with E-state index in [1.54, 1.807) is 36.1 Å². The summed E-state index contributed by atoms with van der Waals surface area (Å²) < 4.78 is 36.2. The second-order valence-corrected chi connectivity index (χ2v) is 10.9. The summed E-state index contributed by atoms with van der Waals surface area (Å²) in [5.41, 5.74) is 2.68. The van der Waals surface area contributed by atoms with E-state index >= 15 is 4.39 Å². The number of ether oxygens (including phenoxy) is 1. The zero-order valence-corrected chi connectivity index (χ0v) is 23.8. The number of nitrogens with zero attached hydrogens (tertiary/aromatic N) is 3. The first kappa shape index (κ1) is 28.4. The molecule has 2 atom stereocenters.